The van der Waals surface area contributed by atoms with Crippen molar-refractivity contribution in [2.75, 3.05) is 7.11 Å². The fraction of sp³-hybridized carbons (Fsp3) is 0.355. The van der Waals surface area contributed by atoms with E-state index in [9.17, 15) is 0 Å². The summed E-state index contributed by atoms with van der Waals surface area (Å²) in [6.07, 6.45) is 5.68. The van der Waals surface area contributed by atoms with E-state index in [1.807, 2.05) is 0 Å². The second-order valence-corrected chi connectivity index (χ2v) is 15.0. The number of hydrogen-bond donors (Lipinski definition) is 0. The van der Waals surface area contributed by atoms with E-state index in [4.69, 9.17) is 9.47 Å². The Bertz CT molecular complexity index is 1170. The van der Waals surface area contributed by atoms with Gasteiger partial charge in [-0.1, -0.05) is 107 Å². The quantitative estimate of drug-likeness (QED) is 0.339. The summed E-state index contributed by atoms with van der Waals surface area (Å²) in [5.74, 6) is 1.99. The molecule has 0 amide bonds. The lowest BCUT2D eigenvalue weighted by Gasteiger charge is -2.36. The molecule has 2 nitrogen and oxygen atoms in total. The van der Waals surface area contributed by atoms with E-state index in [1.165, 1.54) is 32.6 Å². The second kappa shape index (κ2) is 9.83. The van der Waals surface area contributed by atoms with Crippen LogP contribution in [0.1, 0.15) is 56.9 Å². The molecule has 1 aliphatic carbocycles. The van der Waals surface area contributed by atoms with E-state index in [2.05, 4.69) is 107 Å². The zero-order valence-electron chi connectivity index (χ0n) is 21.6. The van der Waals surface area contributed by atoms with Crippen LogP contribution in [0.25, 0.3) is 6.08 Å². The van der Waals surface area contributed by atoms with E-state index >= 15 is 0 Å². The van der Waals surface area contributed by atoms with Gasteiger partial charge in [0.15, 0.2) is 0 Å². The van der Waals surface area contributed by atoms with Gasteiger partial charge in [0.1, 0.15) is 26.2 Å². The average molecular weight is 471 g/mol. The van der Waals surface area contributed by atoms with Crippen molar-refractivity contribution in [3.8, 4) is 11.5 Å². The van der Waals surface area contributed by atoms with Crippen molar-refractivity contribution >= 4 is 24.5 Å². The van der Waals surface area contributed by atoms with Gasteiger partial charge >= 0.3 is 0 Å². The number of rotatable bonds is 8. The van der Waals surface area contributed by atoms with Crippen LogP contribution in [0, 0.1) is 0 Å². The Morgan fingerprint density at radius 1 is 0.882 bits per heavy atom. The molecule has 0 N–H and O–H groups in total. The molecule has 0 radical (unpaired) electrons. The molecule has 1 aliphatic rings. The fourth-order valence-electron chi connectivity index (χ4n) is 5.38. The summed E-state index contributed by atoms with van der Waals surface area (Å²) in [5, 5.41) is 2.90. The van der Waals surface area contributed by atoms with Crippen LogP contribution in [0.3, 0.4) is 0 Å². The molecule has 0 aromatic heterocycles. The van der Waals surface area contributed by atoms with Crippen molar-refractivity contribution in [2.24, 2.45) is 0 Å². The molecule has 0 aliphatic heterocycles. The fourth-order valence-corrected chi connectivity index (χ4v) is 9.93. The van der Waals surface area contributed by atoms with Gasteiger partial charge in [-0.05, 0) is 51.0 Å². The Morgan fingerprint density at radius 2 is 1.62 bits per heavy atom. The Morgan fingerprint density at radius 3 is 2.26 bits per heavy atom. The minimum absolute atomic E-state index is 0.0739. The number of allylic oxidation sites excluding steroid dienone is 1. The Labute approximate surface area is 206 Å². The smallest absolute Gasteiger partial charge is 0.123 e. The van der Waals surface area contributed by atoms with Gasteiger partial charge in [0.2, 0.25) is 0 Å². The summed E-state index contributed by atoms with van der Waals surface area (Å²) in [6.45, 7) is 12.1. The molecule has 0 spiro atoms. The van der Waals surface area contributed by atoms with E-state index in [0.717, 1.165) is 30.0 Å². The molecule has 0 bridgehead atoms. The summed E-state index contributed by atoms with van der Waals surface area (Å²) in [6, 6.07) is 24.1. The second-order valence-electron chi connectivity index (χ2n) is 10.3. The van der Waals surface area contributed by atoms with Crippen molar-refractivity contribution in [3.05, 3.63) is 89.0 Å². The predicted molar refractivity (Wildman–Crippen MR) is 148 cm³/mol. The topological polar surface area (TPSA) is 18.5 Å². The zero-order valence-corrected chi connectivity index (χ0v) is 22.6. The molecule has 3 heteroatoms. The minimum Gasteiger partial charge on any atom is -0.497 e. The lowest BCUT2D eigenvalue weighted by molar-refractivity contribution is 0.299. The zero-order chi connectivity index (χ0) is 24.3. The number of methoxy groups -OCH3 is 1. The van der Waals surface area contributed by atoms with Crippen LogP contribution < -0.4 is 19.8 Å². The van der Waals surface area contributed by atoms with E-state index in [-0.39, 0.29) is 5.41 Å². The van der Waals surface area contributed by atoms with Crippen LogP contribution >= 0.6 is 0 Å². The molecule has 178 valence electrons. The molecular formula is C31H38O2Si. The number of hydrogen-bond acceptors (Lipinski definition) is 2. The van der Waals surface area contributed by atoms with Gasteiger partial charge in [-0.2, -0.15) is 0 Å². The largest absolute Gasteiger partial charge is 0.497 e. The third kappa shape index (κ3) is 4.46. The van der Waals surface area contributed by atoms with Crippen molar-refractivity contribution in [2.45, 2.75) is 65.1 Å². The van der Waals surface area contributed by atoms with Crippen LogP contribution in [0.4, 0.5) is 0 Å². The SMILES string of the molecule is CC[Si](CC)(c1cccc2c1C=CC2)c1cc(OC)cc(C(C)(C)C)c1OCc1ccccc1. The van der Waals surface area contributed by atoms with Crippen LogP contribution in [-0.2, 0) is 18.4 Å². The van der Waals surface area contributed by atoms with Gasteiger partial charge in [0.05, 0.1) is 7.11 Å². The molecule has 0 saturated carbocycles. The van der Waals surface area contributed by atoms with Gasteiger partial charge in [0, 0.05) is 5.56 Å². The molecule has 0 unspecified atom stereocenters. The Hall–Kier alpha value is -2.78. The van der Waals surface area contributed by atoms with E-state index in [0.29, 0.717) is 6.61 Å². The highest BCUT2D eigenvalue weighted by Gasteiger charge is 2.40. The first-order valence-corrected chi connectivity index (χ1v) is 14.9. The molecule has 4 rings (SSSR count). The molecule has 0 heterocycles. The van der Waals surface area contributed by atoms with Gasteiger partial charge in [-0.3, -0.25) is 0 Å². The first-order chi connectivity index (χ1) is 16.3. The van der Waals surface area contributed by atoms with Gasteiger partial charge in [0.25, 0.3) is 0 Å². The monoisotopic (exact) mass is 470 g/mol. The third-order valence-corrected chi connectivity index (χ3v) is 12.7. The van der Waals surface area contributed by atoms with Crippen LogP contribution in [-0.4, -0.2) is 15.2 Å². The normalized spacial score (nSPS) is 13.1. The Balaban J connectivity index is 1.97. The number of fused-ring (bicyclic) bond motifs is 1. The minimum atomic E-state index is -2.15. The maximum Gasteiger partial charge on any atom is 0.123 e. The van der Waals surface area contributed by atoms with Crippen LogP contribution in [0.2, 0.25) is 12.1 Å². The van der Waals surface area contributed by atoms with Crippen LogP contribution in [0.5, 0.6) is 11.5 Å². The van der Waals surface area contributed by atoms with Crippen molar-refractivity contribution in [1.82, 2.24) is 0 Å². The van der Waals surface area contributed by atoms with E-state index < -0.39 is 8.07 Å². The highest BCUT2D eigenvalue weighted by atomic mass is 28.3. The highest BCUT2D eigenvalue weighted by molar-refractivity contribution is 7.03. The summed E-state index contributed by atoms with van der Waals surface area (Å²) in [4.78, 5) is 0. The average Bonchev–Trinajstić information content (AvgIpc) is 3.33. The van der Waals surface area contributed by atoms with Crippen LogP contribution in [0.15, 0.2) is 66.7 Å². The first-order valence-electron chi connectivity index (χ1n) is 12.5. The predicted octanol–water partition coefficient (Wildman–Crippen LogP) is 6.74. The first kappa shape index (κ1) is 24.3. The van der Waals surface area contributed by atoms with Gasteiger partial charge in [-0.25, -0.2) is 0 Å². The molecule has 3 aromatic carbocycles. The number of ether oxygens (including phenoxy) is 2. The summed E-state index contributed by atoms with van der Waals surface area (Å²) in [7, 11) is -0.371. The summed E-state index contributed by atoms with van der Waals surface area (Å²) < 4.78 is 12.7. The van der Waals surface area contributed by atoms with Crippen molar-refractivity contribution in [3.63, 3.8) is 0 Å². The van der Waals surface area contributed by atoms with Gasteiger partial charge < -0.3 is 9.47 Å². The molecule has 0 saturated heterocycles. The Kier molecular flexibility index (Phi) is 7.04. The maximum atomic E-state index is 6.79. The van der Waals surface area contributed by atoms with Gasteiger partial charge in [-0.15, -0.1) is 0 Å². The maximum absolute atomic E-state index is 6.79. The lowest BCUT2D eigenvalue weighted by Crippen LogP contribution is -2.59. The molecule has 0 fully saturated rings. The van der Waals surface area contributed by atoms with E-state index in [1.54, 1.807) is 7.11 Å². The standard InChI is InChI=1S/C31H38O2Si/c1-7-34(8-2,28-19-13-17-24-16-12-18-26(24)28)29-21-25(32-6)20-27(31(3,4)5)30(29)33-22-23-14-10-9-11-15-23/h9-15,17-21H,7-8,16,22H2,1-6H3. The molecule has 3 aromatic rings. The highest BCUT2D eigenvalue weighted by Crippen LogP contribution is 2.37. The number of benzene rings is 3. The van der Waals surface area contributed by atoms with Crippen molar-refractivity contribution < 1.29 is 9.47 Å². The molecule has 34 heavy (non-hydrogen) atoms. The molecular weight excluding hydrogens is 432 g/mol. The summed E-state index contributed by atoms with van der Waals surface area (Å²) in [5.41, 5.74) is 5.22. The lowest BCUT2D eigenvalue weighted by atomic mass is 9.86. The third-order valence-electron chi connectivity index (χ3n) is 7.39. The van der Waals surface area contributed by atoms with Crippen molar-refractivity contribution in [1.29, 1.82) is 0 Å². The summed E-state index contributed by atoms with van der Waals surface area (Å²) >= 11 is 0. The molecule has 0 atom stereocenters.